The van der Waals surface area contributed by atoms with Crippen molar-refractivity contribution >= 4 is 17.7 Å². The van der Waals surface area contributed by atoms with Crippen molar-refractivity contribution in [3.8, 4) is 5.75 Å². The van der Waals surface area contributed by atoms with Crippen LogP contribution < -0.4 is 16.2 Å². The van der Waals surface area contributed by atoms with E-state index in [0.717, 1.165) is 0 Å². The van der Waals surface area contributed by atoms with E-state index in [0.29, 0.717) is 43.4 Å². The number of rotatable bonds is 7. The van der Waals surface area contributed by atoms with Crippen molar-refractivity contribution < 1.29 is 28.6 Å². The number of carbonyl (C=O) groups excluding carboxylic acids is 3. The van der Waals surface area contributed by atoms with Crippen LogP contribution in [-0.4, -0.2) is 72.6 Å². The molecule has 2 atom stereocenters. The van der Waals surface area contributed by atoms with Crippen molar-refractivity contribution in [3.63, 3.8) is 0 Å². The van der Waals surface area contributed by atoms with Crippen LogP contribution in [0.5, 0.6) is 5.75 Å². The second-order valence-corrected chi connectivity index (χ2v) is 12.3. The standard InChI is InChI=1S/C31H36FN7O6/c1-17-12-19(4-5-21(17)32)14-34-27(42)23-24(40)28(43)39-15-18-6-8-31(9-7-18,30(39)35-23)36-26(41)22-13-20(45-3)16-38(22)29(44)25-33-10-11-37(25)2/h4-5,10-12,18,20,22,40H,6-9,13-16H2,1-3H3,(H,34,42)(H,36,41)/t18?,20-,22?,31?/m0/s1. The van der Waals surface area contributed by atoms with Crippen molar-refractivity contribution in [1.82, 2.24) is 34.6 Å². The number of hydrogen-bond donors (Lipinski definition) is 3. The molecule has 5 heterocycles. The van der Waals surface area contributed by atoms with Gasteiger partial charge in [-0.1, -0.05) is 12.1 Å². The molecule has 4 aliphatic rings. The average molecular weight is 622 g/mol. The monoisotopic (exact) mass is 621 g/mol. The number of aryl methyl sites for hydroxylation is 2. The minimum atomic E-state index is -1.11. The zero-order valence-corrected chi connectivity index (χ0v) is 25.4. The SMILES string of the molecule is CO[C@H]1CC(C(=O)NC23CCC(CC2)Cn2c3nc(C(=O)NCc3ccc(F)c(C)c3)c(O)c2=O)N(C(=O)c2nccn2C)C1. The van der Waals surface area contributed by atoms with Gasteiger partial charge in [0.2, 0.25) is 11.7 Å². The minimum absolute atomic E-state index is 0.0195. The zero-order valence-electron chi connectivity index (χ0n) is 25.4. The van der Waals surface area contributed by atoms with E-state index in [1.807, 2.05) is 0 Å². The Bertz CT molecular complexity index is 1730. The van der Waals surface area contributed by atoms with Gasteiger partial charge in [0.05, 0.1) is 11.6 Å². The first-order valence-electron chi connectivity index (χ1n) is 15.0. The Morgan fingerprint density at radius 3 is 2.62 bits per heavy atom. The van der Waals surface area contributed by atoms with Crippen LogP contribution in [0.1, 0.15) is 70.2 Å². The molecular formula is C31H36FN7O6. The molecule has 238 valence electrons. The Kier molecular flexibility index (Phi) is 7.93. The predicted octanol–water partition coefficient (Wildman–Crippen LogP) is 1.50. The number of benzene rings is 1. The normalized spacial score (nSPS) is 23.8. The third kappa shape index (κ3) is 5.47. The van der Waals surface area contributed by atoms with Crippen LogP contribution in [0.25, 0.3) is 0 Å². The number of aromatic hydroxyl groups is 1. The lowest BCUT2D eigenvalue weighted by atomic mass is 9.77. The highest BCUT2D eigenvalue weighted by Gasteiger charge is 2.49. The fourth-order valence-electron chi connectivity index (χ4n) is 6.80. The number of halogens is 1. The van der Waals surface area contributed by atoms with Crippen LogP contribution in [0, 0.1) is 18.7 Å². The summed E-state index contributed by atoms with van der Waals surface area (Å²) in [4.78, 5) is 64.5. The Morgan fingerprint density at radius 2 is 1.96 bits per heavy atom. The lowest BCUT2D eigenvalue weighted by Crippen LogP contribution is -2.55. The maximum atomic E-state index is 14.1. The van der Waals surface area contributed by atoms with Crippen LogP contribution in [0.3, 0.4) is 0 Å². The number of aromatic nitrogens is 4. The van der Waals surface area contributed by atoms with Crippen LogP contribution in [-0.2, 0) is 35.2 Å². The fraction of sp³-hybridized carbons (Fsp3) is 0.484. The highest BCUT2D eigenvalue weighted by molar-refractivity contribution is 5.96. The highest BCUT2D eigenvalue weighted by atomic mass is 19.1. The molecule has 2 bridgehead atoms. The Balaban J connectivity index is 1.31. The van der Waals surface area contributed by atoms with E-state index in [9.17, 15) is 28.7 Å². The molecule has 3 aromatic rings. The van der Waals surface area contributed by atoms with Crippen LogP contribution >= 0.6 is 0 Å². The number of methoxy groups -OCH3 is 1. The fourth-order valence-corrected chi connectivity index (χ4v) is 6.80. The number of imidazole rings is 1. The maximum absolute atomic E-state index is 14.1. The lowest BCUT2D eigenvalue weighted by molar-refractivity contribution is -0.127. The van der Waals surface area contributed by atoms with Crippen molar-refractivity contribution in [1.29, 1.82) is 0 Å². The van der Waals surface area contributed by atoms with Gasteiger partial charge in [0, 0.05) is 52.6 Å². The van der Waals surface area contributed by atoms with E-state index in [1.54, 1.807) is 30.8 Å². The predicted molar refractivity (Wildman–Crippen MR) is 158 cm³/mol. The number of carbonyl (C=O) groups is 3. The van der Waals surface area contributed by atoms with Crippen molar-refractivity contribution in [2.24, 2.45) is 13.0 Å². The smallest absolute Gasteiger partial charge is 0.296 e. The number of nitrogens with zero attached hydrogens (tertiary/aromatic N) is 5. The largest absolute Gasteiger partial charge is 0.501 e. The Hall–Kier alpha value is -4.59. The van der Waals surface area contributed by atoms with Crippen LogP contribution in [0.15, 0.2) is 35.4 Å². The topological polar surface area (TPSA) is 161 Å². The van der Waals surface area contributed by atoms with E-state index >= 15 is 0 Å². The van der Waals surface area contributed by atoms with Crippen molar-refractivity contribution in [2.75, 3.05) is 13.7 Å². The molecule has 1 saturated heterocycles. The summed E-state index contributed by atoms with van der Waals surface area (Å²) in [5, 5.41) is 16.6. The summed E-state index contributed by atoms with van der Waals surface area (Å²) in [6, 6.07) is 3.56. The summed E-state index contributed by atoms with van der Waals surface area (Å²) >= 11 is 0. The van der Waals surface area contributed by atoms with Crippen LogP contribution in [0.4, 0.5) is 4.39 Å². The van der Waals surface area contributed by atoms with Gasteiger partial charge in [0.15, 0.2) is 11.5 Å². The van der Waals surface area contributed by atoms with Gasteiger partial charge < -0.3 is 29.9 Å². The van der Waals surface area contributed by atoms with E-state index in [1.165, 1.54) is 34.9 Å². The molecule has 13 nitrogen and oxygen atoms in total. The molecule has 1 unspecified atom stereocenters. The molecular weight excluding hydrogens is 585 g/mol. The second kappa shape index (κ2) is 11.7. The van der Waals surface area contributed by atoms with Crippen molar-refractivity contribution in [3.05, 3.63) is 75.2 Å². The molecule has 2 aromatic heterocycles. The van der Waals surface area contributed by atoms with E-state index in [4.69, 9.17) is 4.74 Å². The van der Waals surface area contributed by atoms with Gasteiger partial charge in [0.25, 0.3) is 17.4 Å². The molecule has 2 fully saturated rings. The summed E-state index contributed by atoms with van der Waals surface area (Å²) in [6.45, 7) is 2.13. The van der Waals surface area contributed by atoms with E-state index in [-0.39, 0.29) is 49.0 Å². The quantitative estimate of drug-likeness (QED) is 0.358. The Morgan fingerprint density at radius 1 is 1.20 bits per heavy atom. The highest BCUT2D eigenvalue weighted by Crippen LogP contribution is 2.43. The first kappa shape index (κ1) is 30.4. The zero-order chi connectivity index (χ0) is 32.0. The first-order chi connectivity index (χ1) is 21.5. The molecule has 45 heavy (non-hydrogen) atoms. The first-order valence-corrected chi connectivity index (χ1v) is 15.0. The second-order valence-electron chi connectivity index (χ2n) is 12.3. The van der Waals surface area contributed by atoms with Gasteiger partial charge in [-0.3, -0.25) is 23.7 Å². The molecule has 3 amide bonds. The van der Waals surface area contributed by atoms with Gasteiger partial charge >= 0.3 is 0 Å². The number of nitrogens with one attached hydrogen (secondary N) is 2. The van der Waals surface area contributed by atoms with Gasteiger partial charge in [-0.2, -0.15) is 0 Å². The number of amides is 3. The van der Waals surface area contributed by atoms with Gasteiger partial charge in [-0.25, -0.2) is 14.4 Å². The molecule has 1 aliphatic carbocycles. The van der Waals surface area contributed by atoms with Gasteiger partial charge in [-0.05, 0) is 55.7 Å². The Labute approximate surface area is 258 Å². The number of likely N-dealkylation sites (tertiary alicyclic amines) is 1. The third-order valence-corrected chi connectivity index (χ3v) is 9.40. The maximum Gasteiger partial charge on any atom is 0.296 e. The van der Waals surface area contributed by atoms with E-state index in [2.05, 4.69) is 20.6 Å². The van der Waals surface area contributed by atoms with Crippen LogP contribution in [0.2, 0.25) is 0 Å². The number of ether oxygens (including phenoxy) is 1. The summed E-state index contributed by atoms with van der Waals surface area (Å²) in [6.07, 6.45) is 5.38. The molecule has 0 spiro atoms. The molecule has 1 aromatic carbocycles. The number of fused-ring (bicyclic) bond motifs is 2. The number of hydrogen-bond acceptors (Lipinski definition) is 8. The molecule has 3 N–H and O–H groups in total. The molecule has 14 heteroatoms. The lowest BCUT2D eigenvalue weighted by Gasteiger charge is -2.38. The molecule has 0 radical (unpaired) electrons. The average Bonchev–Trinajstić information content (AvgIpc) is 3.60. The molecule has 1 saturated carbocycles. The summed E-state index contributed by atoms with van der Waals surface area (Å²) in [5.74, 6) is -2.24. The summed E-state index contributed by atoms with van der Waals surface area (Å²) < 4.78 is 22.2. The third-order valence-electron chi connectivity index (χ3n) is 9.40. The van der Waals surface area contributed by atoms with Crippen molar-refractivity contribution in [2.45, 2.75) is 69.8 Å². The minimum Gasteiger partial charge on any atom is -0.501 e. The van der Waals surface area contributed by atoms with E-state index < -0.39 is 46.3 Å². The van der Waals surface area contributed by atoms with Gasteiger partial charge in [-0.15, -0.1) is 0 Å². The molecule has 7 rings (SSSR count). The van der Waals surface area contributed by atoms with Gasteiger partial charge in [0.1, 0.15) is 17.7 Å². The molecule has 3 aliphatic heterocycles. The summed E-state index contributed by atoms with van der Waals surface area (Å²) in [5.41, 5.74) is -1.27. The summed E-state index contributed by atoms with van der Waals surface area (Å²) in [7, 11) is 3.23.